The third-order valence-electron chi connectivity index (χ3n) is 2.88. The molecule has 0 aromatic heterocycles. The van der Waals surface area contributed by atoms with Crippen LogP contribution in [0.4, 0.5) is 0 Å². The third-order valence-corrected chi connectivity index (χ3v) is 3.50. The fraction of sp³-hybridized carbons (Fsp3) is 0.500. The van der Waals surface area contributed by atoms with Crippen molar-refractivity contribution in [2.24, 2.45) is 5.92 Å². The number of hydrogen-bond donors (Lipinski definition) is 1. The maximum Gasteiger partial charge on any atom is 0.163 e. The average Bonchev–Trinajstić information content (AvgIpc) is 2.14. The van der Waals surface area contributed by atoms with Crippen LogP contribution in [0, 0.1) is 18.3 Å². The quantitative estimate of drug-likeness (QED) is 0.401. The van der Waals surface area contributed by atoms with Gasteiger partial charge in [0.1, 0.15) is 0 Å². The molecular weight excluding hydrogens is 196 g/mol. The van der Waals surface area contributed by atoms with Gasteiger partial charge in [0.2, 0.25) is 0 Å². The largest absolute Gasteiger partial charge is 0.372 e. The van der Waals surface area contributed by atoms with Crippen molar-refractivity contribution in [1.29, 1.82) is 0 Å². The van der Waals surface area contributed by atoms with Gasteiger partial charge >= 0.3 is 0 Å². The Morgan fingerprint density at radius 2 is 2.43 bits per heavy atom. The Morgan fingerprint density at radius 1 is 1.86 bits per heavy atom. The van der Waals surface area contributed by atoms with E-state index < -0.39 is 11.0 Å². The van der Waals surface area contributed by atoms with Crippen LogP contribution >= 0.6 is 11.6 Å². The lowest BCUT2D eigenvalue weighted by atomic mass is 9.76. The molecule has 1 N–H and O–H groups in total. The van der Waals surface area contributed by atoms with Crippen molar-refractivity contribution in [2.75, 3.05) is 0 Å². The number of allylic oxidation sites excluding steroid dienone is 2. The molecule has 0 amide bonds. The van der Waals surface area contributed by atoms with E-state index >= 15 is 0 Å². The molecule has 2 heteroatoms. The molecule has 1 aliphatic carbocycles. The molecule has 0 bridgehead atoms. The van der Waals surface area contributed by atoms with Crippen molar-refractivity contribution in [1.82, 2.24) is 0 Å². The van der Waals surface area contributed by atoms with E-state index in [1.807, 2.05) is 19.9 Å². The summed E-state index contributed by atoms with van der Waals surface area (Å²) in [6.07, 6.45) is 8.07. The third kappa shape index (κ3) is 1.61. The second kappa shape index (κ2) is 3.81. The summed E-state index contributed by atoms with van der Waals surface area (Å²) in [7, 11) is 0. The van der Waals surface area contributed by atoms with Gasteiger partial charge in [-0.3, -0.25) is 0 Å². The molecule has 1 nitrogen and oxygen atoms in total. The van der Waals surface area contributed by atoms with Crippen LogP contribution in [0.5, 0.6) is 0 Å². The Kier molecular flexibility index (Phi) is 3.09. The Bertz CT molecular complexity index is 324. The number of alkyl halides is 1. The van der Waals surface area contributed by atoms with Crippen molar-refractivity contribution < 1.29 is 5.11 Å². The second-order valence-electron chi connectivity index (χ2n) is 3.89. The van der Waals surface area contributed by atoms with Gasteiger partial charge < -0.3 is 5.11 Å². The first kappa shape index (κ1) is 11.4. The van der Waals surface area contributed by atoms with Crippen molar-refractivity contribution in [2.45, 2.75) is 31.2 Å². The van der Waals surface area contributed by atoms with Crippen molar-refractivity contribution >= 4 is 11.6 Å². The van der Waals surface area contributed by atoms with Crippen molar-refractivity contribution in [3.8, 4) is 12.3 Å². The minimum atomic E-state index is -1.32. The molecule has 0 spiro atoms. The first-order valence-electron chi connectivity index (χ1n) is 4.60. The van der Waals surface area contributed by atoms with Crippen LogP contribution in [0.25, 0.3) is 0 Å². The Labute approximate surface area is 90.5 Å². The zero-order valence-corrected chi connectivity index (χ0v) is 9.30. The standard InChI is InChI=1S/C12H15ClO/c1-5-12(14)9(4)6-7-10(8(2)3)11(12)13/h1,6,10-11,14H,2,7H2,3-4H3/t10-,11-,12-/m1/s1. The monoisotopic (exact) mass is 210 g/mol. The molecule has 3 atom stereocenters. The molecule has 0 unspecified atom stereocenters. The molecule has 76 valence electrons. The number of aliphatic hydroxyl groups is 1. The van der Waals surface area contributed by atoms with E-state index in [1.165, 1.54) is 0 Å². The van der Waals surface area contributed by atoms with Gasteiger partial charge in [-0.2, -0.15) is 0 Å². The van der Waals surface area contributed by atoms with Gasteiger partial charge in [0.15, 0.2) is 5.60 Å². The highest BCUT2D eigenvalue weighted by molar-refractivity contribution is 6.22. The van der Waals surface area contributed by atoms with E-state index in [0.29, 0.717) is 0 Å². The van der Waals surface area contributed by atoms with Crippen LogP contribution in [0.1, 0.15) is 20.3 Å². The van der Waals surface area contributed by atoms with Gasteiger partial charge in [-0.05, 0) is 25.8 Å². The van der Waals surface area contributed by atoms with Gasteiger partial charge in [-0.1, -0.05) is 24.1 Å². The van der Waals surface area contributed by atoms with Crippen LogP contribution < -0.4 is 0 Å². The summed E-state index contributed by atoms with van der Waals surface area (Å²) in [5, 5.41) is 9.68. The molecule has 0 aromatic carbocycles. The van der Waals surface area contributed by atoms with Crippen molar-refractivity contribution in [3.05, 3.63) is 23.8 Å². The van der Waals surface area contributed by atoms with E-state index in [4.69, 9.17) is 18.0 Å². The molecule has 0 fully saturated rings. The molecule has 0 aromatic rings. The first-order valence-corrected chi connectivity index (χ1v) is 5.04. The highest BCUT2D eigenvalue weighted by Gasteiger charge is 2.43. The maximum absolute atomic E-state index is 10.2. The zero-order valence-electron chi connectivity index (χ0n) is 8.55. The minimum absolute atomic E-state index is 0.0569. The summed E-state index contributed by atoms with van der Waals surface area (Å²) >= 11 is 6.19. The topological polar surface area (TPSA) is 20.2 Å². The molecule has 1 aliphatic rings. The minimum Gasteiger partial charge on any atom is -0.372 e. The Morgan fingerprint density at radius 3 is 2.86 bits per heavy atom. The lowest BCUT2D eigenvalue weighted by molar-refractivity contribution is 0.112. The molecule has 0 saturated heterocycles. The lowest BCUT2D eigenvalue weighted by Crippen LogP contribution is -2.45. The molecule has 14 heavy (non-hydrogen) atoms. The van der Waals surface area contributed by atoms with Crippen LogP contribution in [0.2, 0.25) is 0 Å². The highest BCUT2D eigenvalue weighted by Crippen LogP contribution is 2.39. The van der Waals surface area contributed by atoms with Gasteiger partial charge in [0.05, 0.1) is 5.38 Å². The average molecular weight is 211 g/mol. The summed E-state index contributed by atoms with van der Waals surface area (Å²) < 4.78 is 0. The van der Waals surface area contributed by atoms with E-state index in [-0.39, 0.29) is 5.92 Å². The molecule has 0 radical (unpaired) electrons. The summed E-state index contributed by atoms with van der Waals surface area (Å²) in [5.41, 5.74) is 0.406. The SMILES string of the molecule is C#C[C@@]1(O)C(C)=CC[C@H](C(=C)C)[C@H]1Cl. The van der Waals surface area contributed by atoms with Crippen LogP contribution in [0.3, 0.4) is 0 Å². The highest BCUT2D eigenvalue weighted by atomic mass is 35.5. The zero-order chi connectivity index (χ0) is 10.9. The van der Waals surface area contributed by atoms with E-state index in [9.17, 15) is 5.11 Å². The van der Waals surface area contributed by atoms with Crippen LogP contribution in [0.15, 0.2) is 23.8 Å². The predicted molar refractivity (Wildman–Crippen MR) is 60.1 cm³/mol. The summed E-state index contributed by atoms with van der Waals surface area (Å²) in [6, 6.07) is 0. The number of rotatable bonds is 1. The predicted octanol–water partition coefficient (Wildman–Crippen LogP) is 2.50. The number of halogens is 1. The van der Waals surface area contributed by atoms with Crippen LogP contribution in [-0.4, -0.2) is 16.1 Å². The van der Waals surface area contributed by atoms with Gasteiger partial charge in [0, 0.05) is 5.92 Å². The van der Waals surface area contributed by atoms with Gasteiger partial charge in [-0.25, -0.2) is 0 Å². The fourth-order valence-electron chi connectivity index (χ4n) is 1.73. The molecule has 0 aliphatic heterocycles. The first-order chi connectivity index (χ1) is 6.43. The van der Waals surface area contributed by atoms with E-state index in [1.54, 1.807) is 0 Å². The molecular formula is C12H15ClO. The molecule has 0 heterocycles. The fourth-order valence-corrected chi connectivity index (χ4v) is 2.28. The normalized spacial score (nSPS) is 37.2. The van der Waals surface area contributed by atoms with Gasteiger partial charge in [0.25, 0.3) is 0 Å². The summed E-state index contributed by atoms with van der Waals surface area (Å²) in [6.45, 7) is 7.58. The van der Waals surface area contributed by atoms with E-state index in [0.717, 1.165) is 17.6 Å². The number of terminal acetylenes is 1. The lowest BCUT2D eigenvalue weighted by Gasteiger charge is -2.37. The smallest absolute Gasteiger partial charge is 0.163 e. The Balaban J connectivity index is 3.10. The van der Waals surface area contributed by atoms with E-state index in [2.05, 4.69) is 12.5 Å². The molecule has 1 rings (SSSR count). The number of hydrogen-bond acceptors (Lipinski definition) is 1. The summed E-state index contributed by atoms with van der Waals surface area (Å²) in [4.78, 5) is 0. The maximum atomic E-state index is 10.2. The van der Waals surface area contributed by atoms with Crippen LogP contribution in [-0.2, 0) is 0 Å². The summed E-state index contributed by atoms with van der Waals surface area (Å²) in [5.74, 6) is 2.44. The van der Waals surface area contributed by atoms with Gasteiger partial charge in [-0.15, -0.1) is 18.0 Å². The Hall–Kier alpha value is -0.710. The molecule has 0 saturated carbocycles. The second-order valence-corrected chi connectivity index (χ2v) is 4.36. The van der Waals surface area contributed by atoms with Crippen molar-refractivity contribution in [3.63, 3.8) is 0 Å².